The van der Waals surface area contributed by atoms with Crippen molar-refractivity contribution in [2.75, 3.05) is 12.8 Å². The monoisotopic (exact) mass is 167 g/mol. The molecule has 1 aromatic heterocycles. The molecule has 0 amide bonds. The van der Waals surface area contributed by atoms with E-state index in [1.807, 2.05) is 13.8 Å². The Bertz CT molecular complexity index is 273. The van der Waals surface area contributed by atoms with Crippen molar-refractivity contribution in [3.05, 3.63) is 12.0 Å². The van der Waals surface area contributed by atoms with E-state index in [-0.39, 0.29) is 0 Å². The maximum absolute atomic E-state index is 5.59. The third-order valence-corrected chi connectivity index (χ3v) is 1.61. The lowest BCUT2D eigenvalue weighted by atomic mass is 10.1. The number of anilines is 1. The fraction of sp³-hybridized carbons (Fsp3) is 0.500. The summed E-state index contributed by atoms with van der Waals surface area (Å²) in [5.41, 5.74) is 6.45. The van der Waals surface area contributed by atoms with Gasteiger partial charge in [0, 0.05) is 0 Å². The molecule has 0 atom stereocenters. The van der Waals surface area contributed by atoms with E-state index in [9.17, 15) is 0 Å². The van der Waals surface area contributed by atoms with Gasteiger partial charge in [-0.25, -0.2) is 9.97 Å². The molecule has 12 heavy (non-hydrogen) atoms. The van der Waals surface area contributed by atoms with Crippen LogP contribution in [-0.2, 0) is 0 Å². The topological polar surface area (TPSA) is 61.0 Å². The van der Waals surface area contributed by atoms with Crippen LogP contribution in [0, 0.1) is 0 Å². The molecule has 4 nitrogen and oxygen atoms in total. The quantitative estimate of drug-likeness (QED) is 0.718. The van der Waals surface area contributed by atoms with Crippen LogP contribution in [0.4, 0.5) is 5.82 Å². The number of hydrogen-bond acceptors (Lipinski definition) is 4. The van der Waals surface area contributed by atoms with Gasteiger partial charge in [0.1, 0.15) is 6.33 Å². The summed E-state index contributed by atoms with van der Waals surface area (Å²) in [6, 6.07) is 0. The number of nitrogens with zero attached hydrogens (tertiary/aromatic N) is 2. The molecule has 2 N–H and O–H groups in total. The van der Waals surface area contributed by atoms with E-state index >= 15 is 0 Å². The molecule has 1 rings (SSSR count). The van der Waals surface area contributed by atoms with E-state index in [0.717, 1.165) is 5.69 Å². The van der Waals surface area contributed by atoms with Gasteiger partial charge in [0.2, 0.25) is 0 Å². The molecule has 1 aromatic rings. The molecule has 0 aliphatic carbocycles. The summed E-state index contributed by atoms with van der Waals surface area (Å²) in [5, 5.41) is 0. The van der Waals surface area contributed by atoms with Crippen LogP contribution in [0.1, 0.15) is 25.5 Å². The maximum atomic E-state index is 5.59. The Morgan fingerprint density at radius 2 is 2.08 bits per heavy atom. The highest BCUT2D eigenvalue weighted by Gasteiger charge is 2.11. The average molecular weight is 167 g/mol. The van der Waals surface area contributed by atoms with Crippen molar-refractivity contribution < 1.29 is 4.74 Å². The first-order valence-electron chi connectivity index (χ1n) is 3.81. The van der Waals surface area contributed by atoms with Gasteiger partial charge in [0.25, 0.3) is 0 Å². The molecule has 0 aliphatic heterocycles. The van der Waals surface area contributed by atoms with Gasteiger partial charge in [-0.1, -0.05) is 13.8 Å². The Morgan fingerprint density at radius 1 is 1.42 bits per heavy atom. The minimum atomic E-state index is 0.297. The third kappa shape index (κ3) is 1.47. The van der Waals surface area contributed by atoms with Crippen LogP contribution >= 0.6 is 0 Å². The predicted molar refractivity (Wildman–Crippen MR) is 47.1 cm³/mol. The predicted octanol–water partition coefficient (Wildman–Crippen LogP) is 1.19. The first-order valence-corrected chi connectivity index (χ1v) is 3.81. The molecule has 0 saturated carbocycles. The second-order valence-electron chi connectivity index (χ2n) is 2.83. The molecule has 0 fully saturated rings. The molecule has 0 aromatic carbocycles. The van der Waals surface area contributed by atoms with Gasteiger partial charge in [-0.3, -0.25) is 0 Å². The lowest BCUT2D eigenvalue weighted by Gasteiger charge is -2.10. The minimum Gasteiger partial charge on any atom is -0.491 e. The summed E-state index contributed by atoms with van der Waals surface area (Å²) in [7, 11) is 1.57. The van der Waals surface area contributed by atoms with E-state index in [2.05, 4.69) is 9.97 Å². The molecule has 1 heterocycles. The van der Waals surface area contributed by atoms with Crippen LogP contribution in [0.25, 0.3) is 0 Å². The number of nitrogens with two attached hydrogens (primary N) is 1. The molecule has 66 valence electrons. The van der Waals surface area contributed by atoms with Crippen molar-refractivity contribution >= 4 is 5.82 Å². The normalized spacial score (nSPS) is 10.3. The molecule has 0 radical (unpaired) electrons. The molecule has 0 aliphatic rings. The SMILES string of the molecule is COc1c(N)ncnc1C(C)C. The zero-order chi connectivity index (χ0) is 9.14. The van der Waals surface area contributed by atoms with Gasteiger partial charge < -0.3 is 10.5 Å². The van der Waals surface area contributed by atoms with Crippen LogP contribution < -0.4 is 10.5 Å². The van der Waals surface area contributed by atoms with Crippen molar-refractivity contribution in [2.24, 2.45) is 0 Å². The molecule has 0 bridgehead atoms. The lowest BCUT2D eigenvalue weighted by Crippen LogP contribution is -2.03. The fourth-order valence-electron chi connectivity index (χ4n) is 1.02. The molecule has 4 heteroatoms. The van der Waals surface area contributed by atoms with Crippen LogP contribution in [-0.4, -0.2) is 17.1 Å². The van der Waals surface area contributed by atoms with Crippen LogP contribution in [0.3, 0.4) is 0 Å². The Kier molecular flexibility index (Phi) is 2.47. The molecule has 0 unspecified atom stereocenters. The lowest BCUT2D eigenvalue weighted by molar-refractivity contribution is 0.404. The number of aromatic nitrogens is 2. The summed E-state index contributed by atoms with van der Waals surface area (Å²) in [6.45, 7) is 4.06. The van der Waals surface area contributed by atoms with Crippen LogP contribution in [0.5, 0.6) is 5.75 Å². The summed E-state index contributed by atoms with van der Waals surface area (Å²) in [5.74, 6) is 1.29. The van der Waals surface area contributed by atoms with Crippen molar-refractivity contribution in [1.29, 1.82) is 0 Å². The van der Waals surface area contributed by atoms with Crippen LogP contribution in [0.15, 0.2) is 6.33 Å². The second-order valence-corrected chi connectivity index (χ2v) is 2.83. The van der Waals surface area contributed by atoms with Crippen molar-refractivity contribution in [3.8, 4) is 5.75 Å². The second kappa shape index (κ2) is 3.38. The highest BCUT2D eigenvalue weighted by Crippen LogP contribution is 2.27. The molecule has 0 saturated heterocycles. The van der Waals surface area contributed by atoms with Gasteiger partial charge in [-0.15, -0.1) is 0 Å². The zero-order valence-electron chi connectivity index (χ0n) is 7.53. The van der Waals surface area contributed by atoms with Crippen LogP contribution in [0.2, 0.25) is 0 Å². The van der Waals surface area contributed by atoms with Crippen molar-refractivity contribution in [2.45, 2.75) is 19.8 Å². The van der Waals surface area contributed by atoms with Gasteiger partial charge in [-0.2, -0.15) is 0 Å². The van der Waals surface area contributed by atoms with E-state index < -0.39 is 0 Å². The summed E-state index contributed by atoms with van der Waals surface area (Å²) in [6.07, 6.45) is 1.45. The summed E-state index contributed by atoms with van der Waals surface area (Å²) >= 11 is 0. The number of hydrogen-bond donors (Lipinski definition) is 1. The van der Waals surface area contributed by atoms with Gasteiger partial charge in [0.05, 0.1) is 12.8 Å². The van der Waals surface area contributed by atoms with Gasteiger partial charge in [-0.05, 0) is 5.92 Å². The van der Waals surface area contributed by atoms with E-state index in [1.54, 1.807) is 7.11 Å². The number of nitrogen functional groups attached to an aromatic ring is 1. The number of methoxy groups -OCH3 is 1. The summed E-state index contributed by atoms with van der Waals surface area (Å²) in [4.78, 5) is 7.93. The fourth-order valence-corrected chi connectivity index (χ4v) is 1.02. The Labute approximate surface area is 71.8 Å². The van der Waals surface area contributed by atoms with Crippen molar-refractivity contribution in [3.63, 3.8) is 0 Å². The Hall–Kier alpha value is -1.32. The van der Waals surface area contributed by atoms with Gasteiger partial charge >= 0.3 is 0 Å². The third-order valence-electron chi connectivity index (χ3n) is 1.61. The van der Waals surface area contributed by atoms with E-state index in [1.165, 1.54) is 6.33 Å². The molecular formula is C8H13N3O. The van der Waals surface area contributed by atoms with Gasteiger partial charge in [0.15, 0.2) is 11.6 Å². The van der Waals surface area contributed by atoms with E-state index in [4.69, 9.17) is 10.5 Å². The molecular weight excluding hydrogens is 154 g/mol. The largest absolute Gasteiger partial charge is 0.491 e. The Balaban J connectivity index is 3.18. The smallest absolute Gasteiger partial charge is 0.182 e. The summed E-state index contributed by atoms with van der Waals surface area (Å²) < 4.78 is 5.09. The van der Waals surface area contributed by atoms with E-state index in [0.29, 0.717) is 17.5 Å². The number of ether oxygens (including phenoxy) is 1. The average Bonchev–Trinajstić information content (AvgIpc) is 2.03. The number of rotatable bonds is 2. The first-order chi connectivity index (χ1) is 5.66. The maximum Gasteiger partial charge on any atom is 0.182 e. The first kappa shape index (κ1) is 8.77. The minimum absolute atomic E-state index is 0.297. The standard InChI is InChI=1S/C8H13N3O/c1-5(2)6-7(12-3)8(9)11-4-10-6/h4-5H,1-3H3,(H2,9,10,11). The Morgan fingerprint density at radius 3 is 2.50 bits per heavy atom. The van der Waals surface area contributed by atoms with Crippen molar-refractivity contribution in [1.82, 2.24) is 9.97 Å². The highest BCUT2D eigenvalue weighted by atomic mass is 16.5. The zero-order valence-corrected chi connectivity index (χ0v) is 7.53. The molecule has 0 spiro atoms. The highest BCUT2D eigenvalue weighted by molar-refractivity contribution is 5.48.